The number of hydrogen-bond donors (Lipinski definition) is 2. The number of carbonyl (C=O) groups is 1. The first-order valence-corrected chi connectivity index (χ1v) is 6.85. The summed E-state index contributed by atoms with van der Waals surface area (Å²) in [6, 6.07) is 9.48. The van der Waals surface area contributed by atoms with Gasteiger partial charge in [0.15, 0.2) is 0 Å². The van der Waals surface area contributed by atoms with Gasteiger partial charge in [0.25, 0.3) is 0 Å². The Bertz CT molecular complexity index is 455. The van der Waals surface area contributed by atoms with Crippen molar-refractivity contribution in [3.8, 4) is 0 Å². The van der Waals surface area contributed by atoms with Crippen LogP contribution in [0.15, 0.2) is 30.3 Å². The first-order valence-electron chi connectivity index (χ1n) is 6.85. The summed E-state index contributed by atoms with van der Waals surface area (Å²) in [5.74, 6) is 0.00512. The number of amides is 1. The Hall–Kier alpha value is -1.35. The highest BCUT2D eigenvalue weighted by Crippen LogP contribution is 2.46. The van der Waals surface area contributed by atoms with Crippen LogP contribution in [0.1, 0.15) is 40.0 Å². The molecule has 0 radical (unpaired) electrons. The minimum Gasteiger partial charge on any atom is -0.393 e. The van der Waals surface area contributed by atoms with Crippen LogP contribution in [0.25, 0.3) is 0 Å². The maximum absolute atomic E-state index is 12.5. The van der Waals surface area contributed by atoms with Crippen molar-refractivity contribution in [1.82, 2.24) is 0 Å². The van der Waals surface area contributed by atoms with Gasteiger partial charge in [-0.1, -0.05) is 39.0 Å². The molecule has 0 aliphatic heterocycles. The molecule has 0 aromatic heterocycles. The summed E-state index contributed by atoms with van der Waals surface area (Å²) in [7, 11) is 0. The zero-order valence-corrected chi connectivity index (χ0v) is 11.9. The van der Waals surface area contributed by atoms with Crippen LogP contribution in [0.2, 0.25) is 0 Å². The largest absolute Gasteiger partial charge is 0.393 e. The number of anilines is 1. The van der Waals surface area contributed by atoms with Crippen LogP contribution in [0.4, 0.5) is 5.69 Å². The van der Waals surface area contributed by atoms with Crippen molar-refractivity contribution in [2.24, 2.45) is 10.8 Å². The minimum atomic E-state index is -0.503. The van der Waals surface area contributed by atoms with E-state index in [4.69, 9.17) is 0 Å². The Labute approximate surface area is 115 Å². The molecule has 1 amide bonds. The molecule has 1 fully saturated rings. The Morgan fingerprint density at radius 3 is 2.42 bits per heavy atom. The lowest BCUT2D eigenvalue weighted by atomic mass is 9.63. The average molecular weight is 261 g/mol. The summed E-state index contributed by atoms with van der Waals surface area (Å²) in [5.41, 5.74) is 0.309. The number of aliphatic hydroxyl groups excluding tert-OH is 1. The van der Waals surface area contributed by atoms with Gasteiger partial charge < -0.3 is 10.4 Å². The van der Waals surface area contributed by atoms with Gasteiger partial charge in [-0.2, -0.15) is 0 Å². The van der Waals surface area contributed by atoms with Crippen LogP contribution in [0, 0.1) is 10.8 Å². The number of hydrogen-bond acceptors (Lipinski definition) is 2. The third-order valence-corrected chi connectivity index (χ3v) is 3.92. The maximum atomic E-state index is 12.5. The molecule has 0 spiro atoms. The molecule has 2 unspecified atom stereocenters. The second-order valence-electron chi connectivity index (χ2n) is 6.78. The number of rotatable bonds is 2. The molecule has 2 rings (SSSR count). The van der Waals surface area contributed by atoms with Gasteiger partial charge in [0.05, 0.1) is 6.10 Å². The SMILES string of the molecule is CC1(C)CC(O)CC(C)(C(=O)Nc2ccccc2)C1. The van der Waals surface area contributed by atoms with Crippen LogP contribution in [0.3, 0.4) is 0 Å². The predicted molar refractivity (Wildman–Crippen MR) is 76.8 cm³/mol. The fourth-order valence-electron chi connectivity index (χ4n) is 3.41. The monoisotopic (exact) mass is 261 g/mol. The molecule has 0 bridgehead atoms. The molecule has 1 aliphatic carbocycles. The third kappa shape index (κ3) is 3.35. The zero-order valence-electron chi connectivity index (χ0n) is 11.9. The number of para-hydroxylation sites is 1. The van der Waals surface area contributed by atoms with Crippen molar-refractivity contribution in [3.63, 3.8) is 0 Å². The van der Waals surface area contributed by atoms with Crippen LogP contribution < -0.4 is 5.32 Å². The van der Waals surface area contributed by atoms with Gasteiger partial charge in [-0.05, 0) is 36.8 Å². The van der Waals surface area contributed by atoms with E-state index in [-0.39, 0.29) is 11.3 Å². The first kappa shape index (κ1) is 14.1. The first-order chi connectivity index (χ1) is 8.81. The van der Waals surface area contributed by atoms with Gasteiger partial charge in [-0.3, -0.25) is 4.79 Å². The third-order valence-electron chi connectivity index (χ3n) is 3.92. The lowest BCUT2D eigenvalue weighted by Gasteiger charge is -2.43. The van der Waals surface area contributed by atoms with Crippen LogP contribution in [-0.4, -0.2) is 17.1 Å². The summed E-state index contributed by atoms with van der Waals surface area (Å²) in [6.07, 6.45) is 1.71. The Morgan fingerprint density at radius 2 is 1.84 bits per heavy atom. The zero-order chi connectivity index (χ0) is 14.1. The predicted octanol–water partition coefficient (Wildman–Crippen LogP) is 3.20. The van der Waals surface area contributed by atoms with Crippen molar-refractivity contribution >= 4 is 11.6 Å². The summed E-state index contributed by atoms with van der Waals surface area (Å²) in [6.45, 7) is 6.18. The van der Waals surface area contributed by atoms with Crippen molar-refractivity contribution in [2.45, 2.75) is 46.1 Å². The molecule has 0 heterocycles. The van der Waals surface area contributed by atoms with Crippen molar-refractivity contribution < 1.29 is 9.90 Å². The smallest absolute Gasteiger partial charge is 0.230 e. The van der Waals surface area contributed by atoms with Crippen LogP contribution >= 0.6 is 0 Å². The molecule has 104 valence electrons. The molecular weight excluding hydrogens is 238 g/mol. The van der Waals surface area contributed by atoms with Gasteiger partial charge in [0, 0.05) is 11.1 Å². The fraction of sp³-hybridized carbons (Fsp3) is 0.562. The van der Waals surface area contributed by atoms with E-state index in [9.17, 15) is 9.90 Å². The van der Waals surface area contributed by atoms with Crippen molar-refractivity contribution in [3.05, 3.63) is 30.3 Å². The fourth-order valence-corrected chi connectivity index (χ4v) is 3.41. The Kier molecular flexibility index (Phi) is 3.68. The highest BCUT2D eigenvalue weighted by molar-refractivity contribution is 5.95. The van der Waals surface area contributed by atoms with E-state index in [1.807, 2.05) is 37.3 Å². The lowest BCUT2D eigenvalue weighted by molar-refractivity contribution is -0.132. The van der Waals surface area contributed by atoms with E-state index in [0.29, 0.717) is 6.42 Å². The average Bonchev–Trinajstić information content (AvgIpc) is 2.26. The lowest BCUT2D eigenvalue weighted by Crippen LogP contribution is -2.45. The number of nitrogens with one attached hydrogen (secondary N) is 1. The van der Waals surface area contributed by atoms with Gasteiger partial charge in [-0.25, -0.2) is 0 Å². The van der Waals surface area contributed by atoms with E-state index in [1.54, 1.807) is 0 Å². The highest BCUT2D eigenvalue weighted by Gasteiger charge is 2.45. The minimum absolute atomic E-state index is 0.000441. The van der Waals surface area contributed by atoms with Gasteiger partial charge >= 0.3 is 0 Å². The van der Waals surface area contributed by atoms with Crippen molar-refractivity contribution in [2.75, 3.05) is 5.32 Å². The molecule has 0 saturated heterocycles. The summed E-state index contributed by atoms with van der Waals surface area (Å²) < 4.78 is 0. The second kappa shape index (κ2) is 4.97. The summed E-state index contributed by atoms with van der Waals surface area (Å²) >= 11 is 0. The van der Waals surface area contributed by atoms with Gasteiger partial charge in [0.2, 0.25) is 5.91 Å². The van der Waals surface area contributed by atoms with E-state index in [0.717, 1.165) is 18.5 Å². The molecule has 1 aromatic rings. The van der Waals surface area contributed by atoms with Gasteiger partial charge in [0.1, 0.15) is 0 Å². The topological polar surface area (TPSA) is 49.3 Å². The second-order valence-corrected chi connectivity index (χ2v) is 6.78. The van der Waals surface area contributed by atoms with Crippen molar-refractivity contribution in [1.29, 1.82) is 0 Å². The van der Waals surface area contributed by atoms with E-state index in [1.165, 1.54) is 0 Å². The van der Waals surface area contributed by atoms with E-state index in [2.05, 4.69) is 19.2 Å². The summed E-state index contributed by atoms with van der Waals surface area (Å²) in [4.78, 5) is 12.5. The van der Waals surface area contributed by atoms with Crippen LogP contribution in [0.5, 0.6) is 0 Å². The molecule has 3 heteroatoms. The highest BCUT2D eigenvalue weighted by atomic mass is 16.3. The molecule has 1 aromatic carbocycles. The molecular formula is C16H23NO2. The normalized spacial score (nSPS) is 29.8. The summed E-state index contributed by atoms with van der Waals surface area (Å²) in [5, 5.41) is 13.0. The van der Waals surface area contributed by atoms with Gasteiger partial charge in [-0.15, -0.1) is 0 Å². The molecule has 2 N–H and O–H groups in total. The number of carbonyl (C=O) groups excluding carboxylic acids is 1. The van der Waals surface area contributed by atoms with E-state index >= 15 is 0 Å². The molecule has 3 nitrogen and oxygen atoms in total. The van der Waals surface area contributed by atoms with Crippen LogP contribution in [-0.2, 0) is 4.79 Å². The Morgan fingerprint density at radius 1 is 1.21 bits per heavy atom. The molecule has 2 atom stereocenters. The molecule has 1 aliphatic rings. The molecule has 1 saturated carbocycles. The quantitative estimate of drug-likeness (QED) is 0.859. The maximum Gasteiger partial charge on any atom is 0.230 e. The number of aliphatic hydroxyl groups is 1. The Balaban J connectivity index is 2.13. The number of benzene rings is 1. The van der Waals surface area contributed by atoms with E-state index < -0.39 is 11.5 Å². The standard InChI is InChI=1S/C16H23NO2/c1-15(2)9-13(18)10-16(3,11-15)14(19)17-12-7-5-4-6-8-12/h4-8,13,18H,9-11H2,1-3H3,(H,17,19). The molecule has 19 heavy (non-hydrogen) atoms.